The molecule has 2 amide bonds. The summed E-state index contributed by atoms with van der Waals surface area (Å²) in [4.78, 5) is 27.3. The van der Waals surface area contributed by atoms with Crippen LogP contribution in [-0.2, 0) is 14.3 Å². The van der Waals surface area contributed by atoms with Crippen LogP contribution in [-0.4, -0.2) is 67.0 Å². The molecule has 11 nitrogen and oxygen atoms in total. The molecule has 256 valence electrons. The molecule has 0 aliphatic heterocycles. The Kier molecular flexibility index (Phi) is 12.8. The van der Waals surface area contributed by atoms with Crippen LogP contribution in [0.5, 0.6) is 0 Å². The van der Waals surface area contributed by atoms with E-state index in [1.54, 1.807) is 0 Å². The Morgan fingerprint density at radius 2 is 1.91 bits per heavy atom. The maximum Gasteiger partial charge on any atom is 0.408 e. The molecule has 11 atom stereocenters. The Hall–Kier alpha value is -2.77. The summed E-state index contributed by atoms with van der Waals surface area (Å²) in [5.41, 5.74) is 8.39. The van der Waals surface area contributed by atoms with Crippen molar-refractivity contribution in [1.29, 1.82) is 0 Å². The molecule has 4 rings (SSSR count). The number of terminal acetylenes is 1. The molecule has 4 saturated carbocycles. The second-order valence-electron chi connectivity index (χ2n) is 14.7. The Morgan fingerprint density at radius 1 is 1.11 bits per heavy atom. The predicted octanol–water partition coefficient (Wildman–Crippen LogP) is 5.47. The molecule has 46 heavy (non-hydrogen) atoms. The number of aliphatic hydroxyl groups is 2. The van der Waals surface area contributed by atoms with Crippen LogP contribution in [0.4, 0.5) is 4.79 Å². The number of ether oxygens (including phenoxy) is 2. The van der Waals surface area contributed by atoms with E-state index < -0.39 is 12.3 Å². The number of nitrogens with one attached hydrogen (secondary N) is 2. The van der Waals surface area contributed by atoms with E-state index in [-0.39, 0.29) is 61.7 Å². The summed E-state index contributed by atoms with van der Waals surface area (Å²) in [6.07, 6.45) is 17.1. The highest BCUT2D eigenvalue weighted by Crippen LogP contribution is 2.68. The molecule has 0 radical (unpaired) electrons. The average molecular weight is 642 g/mol. The second-order valence-corrected chi connectivity index (χ2v) is 14.7. The highest BCUT2D eigenvalue weighted by Gasteiger charge is 2.63. The van der Waals surface area contributed by atoms with Crippen molar-refractivity contribution in [3.8, 4) is 12.3 Å². The lowest BCUT2D eigenvalue weighted by Crippen LogP contribution is -2.58. The van der Waals surface area contributed by atoms with Gasteiger partial charge in [-0.25, -0.2) is 4.79 Å². The van der Waals surface area contributed by atoms with Gasteiger partial charge in [-0.15, -0.1) is 12.3 Å². The van der Waals surface area contributed by atoms with E-state index in [4.69, 9.17) is 21.4 Å². The third-order valence-corrected chi connectivity index (χ3v) is 12.4. The Bertz CT molecular complexity index is 1170. The Balaban J connectivity index is 1.23. The molecule has 0 aromatic carbocycles. The highest BCUT2D eigenvalue weighted by molar-refractivity contribution is 5.88. The van der Waals surface area contributed by atoms with Crippen LogP contribution in [0.1, 0.15) is 91.4 Å². The van der Waals surface area contributed by atoms with Crippen molar-refractivity contribution >= 4 is 12.0 Å². The number of fused-ring (bicyclic) bond motifs is 5. The molecule has 0 aromatic heterocycles. The first-order chi connectivity index (χ1) is 22.0. The number of rotatable bonds is 14. The standard InChI is InChI=1S/C35H55N5O6/c1-5-8-31(39-33(44)46-20-19-45-18-17-37-40-36)38-32(43)10-7-6-9-23(2)27-13-14-28-26-12-11-24-21-25(41)15-16-34(24,3)29(26)22-30(42)35(27,28)4/h1,7,10,23-31,41-42H,6,8-9,11-22H2,2-4H3,(H,38,43)(H,39,44). The summed E-state index contributed by atoms with van der Waals surface area (Å²) in [5, 5.41) is 30.8. The zero-order valence-corrected chi connectivity index (χ0v) is 27.9. The molecule has 11 heteroatoms. The van der Waals surface area contributed by atoms with Crippen molar-refractivity contribution in [2.75, 3.05) is 26.4 Å². The van der Waals surface area contributed by atoms with Crippen molar-refractivity contribution < 1.29 is 29.3 Å². The number of azide groups is 1. The summed E-state index contributed by atoms with van der Waals surface area (Å²) < 4.78 is 10.2. The minimum Gasteiger partial charge on any atom is -0.447 e. The molecule has 11 unspecified atom stereocenters. The van der Waals surface area contributed by atoms with Gasteiger partial charge in [0.25, 0.3) is 0 Å². The fourth-order valence-electron chi connectivity index (χ4n) is 10.0. The Morgan fingerprint density at radius 3 is 2.67 bits per heavy atom. The van der Waals surface area contributed by atoms with Crippen LogP contribution >= 0.6 is 0 Å². The van der Waals surface area contributed by atoms with Crippen molar-refractivity contribution in [3.63, 3.8) is 0 Å². The van der Waals surface area contributed by atoms with Crippen molar-refractivity contribution in [3.05, 3.63) is 22.6 Å². The number of alkyl carbamates (subject to hydrolysis) is 1. The quantitative estimate of drug-likeness (QED) is 0.0373. The molecule has 0 bridgehead atoms. The topological polar surface area (TPSA) is 166 Å². The van der Waals surface area contributed by atoms with Crippen LogP contribution in [0.2, 0.25) is 0 Å². The zero-order valence-electron chi connectivity index (χ0n) is 27.9. The maximum absolute atomic E-state index is 12.6. The van der Waals surface area contributed by atoms with Crippen LogP contribution in [0.3, 0.4) is 0 Å². The molecular weight excluding hydrogens is 586 g/mol. The number of carbonyl (C=O) groups excluding carboxylic acids is 2. The van der Waals surface area contributed by atoms with E-state index in [0.29, 0.717) is 35.5 Å². The number of amides is 2. The number of allylic oxidation sites excluding steroid dienone is 1. The van der Waals surface area contributed by atoms with Gasteiger partial charge in [-0.1, -0.05) is 32.0 Å². The van der Waals surface area contributed by atoms with Crippen LogP contribution < -0.4 is 10.6 Å². The first-order valence-corrected chi connectivity index (χ1v) is 17.3. The molecule has 0 saturated heterocycles. The molecule has 4 aliphatic carbocycles. The highest BCUT2D eigenvalue weighted by atomic mass is 16.6. The van der Waals surface area contributed by atoms with Gasteiger partial charge in [-0.2, -0.15) is 0 Å². The number of aliphatic hydroxyl groups excluding tert-OH is 2. The minimum atomic E-state index is -0.776. The van der Waals surface area contributed by atoms with Crippen molar-refractivity contribution in [1.82, 2.24) is 10.6 Å². The normalized spacial score (nSPS) is 36.2. The summed E-state index contributed by atoms with van der Waals surface area (Å²) in [6.45, 7) is 7.69. The number of carbonyl (C=O) groups is 2. The molecule has 0 aromatic rings. The van der Waals surface area contributed by atoms with Gasteiger partial charge in [0.05, 0.1) is 25.4 Å². The predicted molar refractivity (Wildman–Crippen MR) is 175 cm³/mol. The van der Waals surface area contributed by atoms with E-state index in [0.717, 1.165) is 44.9 Å². The monoisotopic (exact) mass is 641 g/mol. The lowest BCUT2D eigenvalue weighted by Gasteiger charge is -2.62. The lowest BCUT2D eigenvalue weighted by atomic mass is 9.43. The van der Waals surface area contributed by atoms with Crippen LogP contribution in [0, 0.1) is 58.7 Å². The number of hydrogen-bond donors (Lipinski definition) is 4. The van der Waals surface area contributed by atoms with Gasteiger partial charge >= 0.3 is 6.09 Å². The zero-order chi connectivity index (χ0) is 33.3. The third kappa shape index (κ3) is 8.20. The van der Waals surface area contributed by atoms with E-state index >= 15 is 0 Å². The molecule has 4 fully saturated rings. The summed E-state index contributed by atoms with van der Waals surface area (Å²) in [6, 6.07) is 0. The second kappa shape index (κ2) is 16.4. The van der Waals surface area contributed by atoms with E-state index in [1.165, 1.54) is 25.3 Å². The summed E-state index contributed by atoms with van der Waals surface area (Å²) in [5.74, 6) is 5.29. The Labute approximate surface area is 274 Å². The van der Waals surface area contributed by atoms with E-state index in [2.05, 4.69) is 47.4 Å². The molecule has 0 heterocycles. The minimum absolute atomic E-state index is 0.000810. The summed E-state index contributed by atoms with van der Waals surface area (Å²) >= 11 is 0. The van der Waals surface area contributed by atoms with Gasteiger partial charge < -0.3 is 30.3 Å². The van der Waals surface area contributed by atoms with E-state index in [9.17, 15) is 19.8 Å². The number of hydrogen-bond acceptors (Lipinski definition) is 7. The largest absolute Gasteiger partial charge is 0.447 e. The van der Waals surface area contributed by atoms with Crippen molar-refractivity contribution in [2.24, 2.45) is 51.5 Å². The van der Waals surface area contributed by atoms with Gasteiger partial charge in [0, 0.05) is 17.9 Å². The van der Waals surface area contributed by atoms with Crippen LogP contribution in [0.25, 0.3) is 10.4 Å². The summed E-state index contributed by atoms with van der Waals surface area (Å²) in [7, 11) is 0. The van der Waals surface area contributed by atoms with Gasteiger partial charge in [0.1, 0.15) is 12.8 Å². The van der Waals surface area contributed by atoms with Crippen molar-refractivity contribution in [2.45, 2.75) is 110 Å². The first-order valence-electron chi connectivity index (χ1n) is 17.3. The molecule has 4 N–H and O–H groups in total. The fourth-order valence-corrected chi connectivity index (χ4v) is 10.0. The first kappa shape index (κ1) is 36.1. The van der Waals surface area contributed by atoms with Gasteiger partial charge in [0.15, 0.2) is 0 Å². The van der Waals surface area contributed by atoms with E-state index in [1.807, 2.05) is 6.08 Å². The van der Waals surface area contributed by atoms with Crippen LogP contribution in [0.15, 0.2) is 17.3 Å². The third-order valence-electron chi connectivity index (χ3n) is 12.4. The smallest absolute Gasteiger partial charge is 0.408 e. The average Bonchev–Trinajstić information content (AvgIpc) is 3.38. The SMILES string of the molecule is C#CCC(NC(=O)C=CCCC(C)C1CCC2C3CCC4CC(O)CCC4(C)C3CC(O)C12C)NC(=O)OCCOCCN=[N+]=[N-]. The molecule has 4 aliphatic rings. The lowest BCUT2D eigenvalue weighted by molar-refractivity contribution is -0.174. The number of nitrogens with zero attached hydrogens (tertiary/aromatic N) is 3. The fraction of sp³-hybridized carbons (Fsp3) is 0.829. The van der Waals surface area contributed by atoms with Gasteiger partial charge in [0.2, 0.25) is 5.91 Å². The molecule has 0 spiro atoms. The molecular formula is C35H55N5O6. The van der Waals surface area contributed by atoms with Gasteiger partial charge in [-0.3, -0.25) is 4.79 Å². The van der Waals surface area contributed by atoms with Gasteiger partial charge in [-0.05, 0) is 122 Å². The maximum atomic E-state index is 12.6.